The molecule has 0 aromatic carbocycles. The van der Waals surface area contributed by atoms with Crippen molar-refractivity contribution in [1.29, 1.82) is 0 Å². The minimum atomic E-state index is -0.621. The number of nitrogens with one attached hydrogen (secondary N) is 1. The number of carbonyl (C=O) groups is 1. The Morgan fingerprint density at radius 2 is 2.38 bits per heavy atom. The van der Waals surface area contributed by atoms with Crippen molar-refractivity contribution in [3.05, 3.63) is 23.2 Å². The zero-order chi connectivity index (χ0) is 15.5. The fourth-order valence-electron chi connectivity index (χ4n) is 3.15. The lowest BCUT2D eigenvalue weighted by molar-refractivity contribution is -0.0121. The molecule has 1 aliphatic rings. The van der Waals surface area contributed by atoms with E-state index in [1.165, 1.54) is 13.5 Å². The van der Waals surface area contributed by atoms with E-state index in [-0.39, 0.29) is 5.97 Å². The standard InChI is InChI=1S/C16H25NO4/c1-11-5-4-6-16(19,8-11)10-17-9-13-7-14(12(2)21-13)15(18)20-3/h7,11,17,19H,4-6,8-10H2,1-3H3. The van der Waals surface area contributed by atoms with Crippen LogP contribution in [0.1, 0.15) is 54.5 Å². The van der Waals surface area contributed by atoms with Crippen LogP contribution in [0.25, 0.3) is 0 Å². The third-order valence-corrected chi connectivity index (χ3v) is 4.19. The van der Waals surface area contributed by atoms with Gasteiger partial charge in [-0.2, -0.15) is 0 Å². The first-order valence-corrected chi connectivity index (χ1v) is 7.54. The number of rotatable bonds is 5. The predicted octanol–water partition coefficient (Wildman–Crippen LogP) is 2.41. The van der Waals surface area contributed by atoms with Gasteiger partial charge in [-0.05, 0) is 31.7 Å². The summed E-state index contributed by atoms with van der Waals surface area (Å²) in [4.78, 5) is 11.5. The third kappa shape index (κ3) is 4.08. The van der Waals surface area contributed by atoms with Crippen molar-refractivity contribution < 1.29 is 19.1 Å². The molecule has 1 heterocycles. The first-order valence-electron chi connectivity index (χ1n) is 7.54. The highest BCUT2D eigenvalue weighted by Crippen LogP contribution is 2.31. The molecule has 0 saturated heterocycles. The summed E-state index contributed by atoms with van der Waals surface area (Å²) in [5.74, 6) is 1.42. The average molecular weight is 295 g/mol. The smallest absolute Gasteiger partial charge is 0.341 e. The van der Waals surface area contributed by atoms with Crippen molar-refractivity contribution in [2.75, 3.05) is 13.7 Å². The average Bonchev–Trinajstić information content (AvgIpc) is 2.78. The summed E-state index contributed by atoms with van der Waals surface area (Å²) in [6.07, 6.45) is 3.95. The molecular formula is C16H25NO4. The fourth-order valence-corrected chi connectivity index (χ4v) is 3.15. The van der Waals surface area contributed by atoms with E-state index in [4.69, 9.17) is 9.15 Å². The summed E-state index contributed by atoms with van der Waals surface area (Å²) in [5.41, 5.74) is -0.163. The number of hydrogen-bond acceptors (Lipinski definition) is 5. The topological polar surface area (TPSA) is 71.7 Å². The molecule has 1 aliphatic carbocycles. The first kappa shape index (κ1) is 16.0. The quantitative estimate of drug-likeness (QED) is 0.816. The maximum Gasteiger partial charge on any atom is 0.341 e. The van der Waals surface area contributed by atoms with Crippen molar-refractivity contribution in [3.8, 4) is 0 Å². The summed E-state index contributed by atoms with van der Waals surface area (Å²) in [5, 5.41) is 13.8. The second kappa shape index (κ2) is 6.62. The van der Waals surface area contributed by atoms with Gasteiger partial charge >= 0.3 is 5.97 Å². The molecule has 1 saturated carbocycles. The highest BCUT2D eigenvalue weighted by Gasteiger charge is 2.32. The molecule has 0 bridgehead atoms. The molecule has 2 N–H and O–H groups in total. The first-order chi connectivity index (χ1) is 9.93. The molecule has 1 fully saturated rings. The summed E-state index contributed by atoms with van der Waals surface area (Å²) in [6, 6.07) is 1.70. The van der Waals surface area contributed by atoms with Gasteiger partial charge in [0.1, 0.15) is 17.1 Å². The lowest BCUT2D eigenvalue weighted by Gasteiger charge is -2.35. The number of aliphatic hydroxyl groups is 1. The second-order valence-corrected chi connectivity index (χ2v) is 6.20. The number of carbonyl (C=O) groups excluding carboxylic acids is 1. The van der Waals surface area contributed by atoms with E-state index in [9.17, 15) is 9.90 Å². The highest BCUT2D eigenvalue weighted by molar-refractivity contribution is 5.90. The van der Waals surface area contributed by atoms with Crippen molar-refractivity contribution in [2.24, 2.45) is 5.92 Å². The van der Waals surface area contributed by atoms with Gasteiger partial charge in [0, 0.05) is 6.54 Å². The highest BCUT2D eigenvalue weighted by atomic mass is 16.5. The maximum atomic E-state index is 11.5. The minimum Gasteiger partial charge on any atom is -0.465 e. The summed E-state index contributed by atoms with van der Waals surface area (Å²) in [7, 11) is 1.35. The van der Waals surface area contributed by atoms with E-state index < -0.39 is 5.60 Å². The Bertz CT molecular complexity index is 496. The van der Waals surface area contributed by atoms with Gasteiger partial charge in [-0.1, -0.05) is 19.8 Å². The van der Waals surface area contributed by atoms with Crippen LogP contribution < -0.4 is 5.32 Å². The second-order valence-electron chi connectivity index (χ2n) is 6.20. The molecule has 0 amide bonds. The maximum absolute atomic E-state index is 11.5. The molecule has 5 heteroatoms. The molecular weight excluding hydrogens is 270 g/mol. The van der Waals surface area contributed by atoms with Crippen molar-refractivity contribution >= 4 is 5.97 Å². The Kier molecular flexibility index (Phi) is 5.06. The van der Waals surface area contributed by atoms with Gasteiger partial charge in [0.2, 0.25) is 0 Å². The van der Waals surface area contributed by atoms with Crippen LogP contribution >= 0.6 is 0 Å². The number of furan rings is 1. The minimum absolute atomic E-state index is 0.387. The number of aryl methyl sites for hydroxylation is 1. The van der Waals surface area contributed by atoms with Gasteiger partial charge in [0.25, 0.3) is 0 Å². The third-order valence-electron chi connectivity index (χ3n) is 4.19. The van der Waals surface area contributed by atoms with Crippen LogP contribution in [0.2, 0.25) is 0 Å². The number of methoxy groups -OCH3 is 1. The van der Waals surface area contributed by atoms with Crippen molar-refractivity contribution in [2.45, 2.75) is 51.7 Å². The van der Waals surface area contributed by atoms with Crippen molar-refractivity contribution in [3.63, 3.8) is 0 Å². The lowest BCUT2D eigenvalue weighted by Crippen LogP contribution is -2.43. The van der Waals surface area contributed by atoms with E-state index in [0.29, 0.717) is 36.1 Å². The van der Waals surface area contributed by atoms with E-state index in [0.717, 1.165) is 19.3 Å². The Morgan fingerprint density at radius 3 is 3.05 bits per heavy atom. The molecule has 0 spiro atoms. The monoisotopic (exact) mass is 295 g/mol. The Morgan fingerprint density at radius 1 is 1.62 bits per heavy atom. The molecule has 1 aromatic rings. The Labute approximate surface area is 125 Å². The fraction of sp³-hybridized carbons (Fsp3) is 0.688. The van der Waals surface area contributed by atoms with Crippen LogP contribution in [-0.2, 0) is 11.3 Å². The van der Waals surface area contributed by atoms with Crippen LogP contribution in [0.15, 0.2) is 10.5 Å². The SMILES string of the molecule is COC(=O)c1cc(CNCC2(O)CCCC(C)C2)oc1C. The van der Waals surface area contributed by atoms with Gasteiger partial charge in [-0.25, -0.2) is 4.79 Å². The summed E-state index contributed by atoms with van der Waals surface area (Å²) in [6.45, 7) is 4.97. The Hall–Kier alpha value is -1.33. The number of esters is 1. The van der Waals surface area contributed by atoms with Gasteiger partial charge < -0.3 is 19.6 Å². The van der Waals surface area contributed by atoms with E-state index in [1.54, 1.807) is 13.0 Å². The van der Waals surface area contributed by atoms with E-state index in [1.807, 2.05) is 0 Å². The molecule has 2 unspecified atom stereocenters. The normalized spacial score (nSPS) is 25.8. The molecule has 2 rings (SSSR count). The van der Waals surface area contributed by atoms with E-state index in [2.05, 4.69) is 12.2 Å². The molecule has 5 nitrogen and oxygen atoms in total. The lowest BCUT2D eigenvalue weighted by atomic mass is 9.79. The predicted molar refractivity (Wildman–Crippen MR) is 79.1 cm³/mol. The van der Waals surface area contributed by atoms with E-state index >= 15 is 0 Å². The molecule has 0 radical (unpaired) electrons. The van der Waals surface area contributed by atoms with Crippen molar-refractivity contribution in [1.82, 2.24) is 5.32 Å². The van der Waals surface area contributed by atoms with Crippen LogP contribution in [0.3, 0.4) is 0 Å². The van der Waals surface area contributed by atoms with Gasteiger partial charge in [-0.15, -0.1) is 0 Å². The van der Waals surface area contributed by atoms with Gasteiger partial charge in [-0.3, -0.25) is 0 Å². The zero-order valence-corrected chi connectivity index (χ0v) is 13.1. The van der Waals surface area contributed by atoms with Gasteiger partial charge in [0.05, 0.1) is 19.3 Å². The van der Waals surface area contributed by atoms with Crippen LogP contribution in [0, 0.1) is 12.8 Å². The zero-order valence-electron chi connectivity index (χ0n) is 13.1. The van der Waals surface area contributed by atoms with Crippen LogP contribution in [0.5, 0.6) is 0 Å². The number of ether oxygens (including phenoxy) is 1. The molecule has 2 atom stereocenters. The molecule has 21 heavy (non-hydrogen) atoms. The molecule has 1 aromatic heterocycles. The Balaban J connectivity index is 1.87. The largest absolute Gasteiger partial charge is 0.465 e. The summed E-state index contributed by atoms with van der Waals surface area (Å²) >= 11 is 0. The van der Waals surface area contributed by atoms with Gasteiger partial charge in [0.15, 0.2) is 0 Å². The molecule has 118 valence electrons. The number of hydrogen-bond donors (Lipinski definition) is 2. The molecule has 0 aliphatic heterocycles. The summed E-state index contributed by atoms with van der Waals surface area (Å²) < 4.78 is 10.2. The van der Waals surface area contributed by atoms with Crippen LogP contribution in [-0.4, -0.2) is 30.3 Å². The van der Waals surface area contributed by atoms with Crippen LogP contribution in [0.4, 0.5) is 0 Å².